The second kappa shape index (κ2) is 5.76. The minimum atomic E-state index is 0.0294. The van der Waals surface area contributed by atoms with E-state index in [1.807, 2.05) is 6.92 Å². The molecule has 1 amide bonds. The van der Waals surface area contributed by atoms with Gasteiger partial charge in [0.25, 0.3) is 5.91 Å². The number of rotatable bonds is 3. The van der Waals surface area contributed by atoms with Gasteiger partial charge in [0.2, 0.25) is 0 Å². The first kappa shape index (κ1) is 14.4. The van der Waals surface area contributed by atoms with Crippen molar-refractivity contribution in [1.82, 2.24) is 14.9 Å². The lowest BCUT2D eigenvalue weighted by Crippen LogP contribution is -2.38. The zero-order valence-electron chi connectivity index (χ0n) is 13.4. The largest absolute Gasteiger partial charge is 0.327 e. The van der Waals surface area contributed by atoms with Crippen LogP contribution in [0.4, 0.5) is 0 Å². The molecule has 0 bridgehead atoms. The molecule has 1 aromatic carbocycles. The van der Waals surface area contributed by atoms with E-state index in [-0.39, 0.29) is 11.9 Å². The summed E-state index contributed by atoms with van der Waals surface area (Å²) in [4.78, 5) is 23.7. The van der Waals surface area contributed by atoms with Crippen molar-refractivity contribution in [3.63, 3.8) is 0 Å². The minimum absolute atomic E-state index is 0.0294. The van der Waals surface area contributed by atoms with E-state index >= 15 is 0 Å². The lowest BCUT2D eigenvalue weighted by Gasteiger charge is -2.36. The van der Waals surface area contributed by atoms with Crippen molar-refractivity contribution in [2.45, 2.75) is 51.1 Å². The summed E-state index contributed by atoms with van der Waals surface area (Å²) >= 11 is 0. The minimum Gasteiger partial charge on any atom is -0.327 e. The molecule has 0 unspecified atom stereocenters. The van der Waals surface area contributed by atoms with Crippen LogP contribution in [0.2, 0.25) is 0 Å². The molecule has 0 spiro atoms. The van der Waals surface area contributed by atoms with E-state index in [1.54, 1.807) is 12.4 Å². The molecule has 4 nitrogen and oxygen atoms in total. The summed E-state index contributed by atoms with van der Waals surface area (Å²) in [6.45, 7) is 1.89. The van der Waals surface area contributed by atoms with Crippen molar-refractivity contribution in [2.24, 2.45) is 0 Å². The van der Waals surface area contributed by atoms with E-state index in [4.69, 9.17) is 0 Å². The Morgan fingerprint density at radius 2 is 1.96 bits per heavy atom. The van der Waals surface area contributed by atoms with Gasteiger partial charge in [0.05, 0.1) is 17.9 Å². The predicted molar refractivity (Wildman–Crippen MR) is 88.1 cm³/mol. The summed E-state index contributed by atoms with van der Waals surface area (Å²) in [6, 6.07) is 9.10. The van der Waals surface area contributed by atoms with Gasteiger partial charge in [0.1, 0.15) is 5.69 Å². The van der Waals surface area contributed by atoms with Crippen molar-refractivity contribution < 1.29 is 4.79 Å². The van der Waals surface area contributed by atoms with E-state index < -0.39 is 0 Å². The first-order valence-electron chi connectivity index (χ1n) is 8.43. The molecule has 1 saturated carbocycles. The fourth-order valence-corrected chi connectivity index (χ4v) is 3.57. The van der Waals surface area contributed by atoms with E-state index in [0.717, 1.165) is 37.8 Å². The molecule has 2 aliphatic rings. The standard InChI is InChI=1S/C19H21N3O/c1-13-11-21-17(12-20-13)19(23)22(15-9-10-15)18-8-4-6-14-5-2-3-7-16(14)18/h2-3,5,7,11-12,15,18H,4,6,8-10H2,1H3/t18-/m0/s1. The molecule has 0 radical (unpaired) electrons. The van der Waals surface area contributed by atoms with E-state index in [2.05, 4.69) is 39.1 Å². The van der Waals surface area contributed by atoms with Crippen LogP contribution in [0.25, 0.3) is 0 Å². The van der Waals surface area contributed by atoms with Crippen LogP contribution in [0.1, 0.15) is 59.0 Å². The molecule has 4 rings (SSSR count). The van der Waals surface area contributed by atoms with Crippen LogP contribution in [0.5, 0.6) is 0 Å². The van der Waals surface area contributed by atoms with Gasteiger partial charge >= 0.3 is 0 Å². The Balaban J connectivity index is 1.69. The van der Waals surface area contributed by atoms with Crippen LogP contribution in [0.15, 0.2) is 36.7 Å². The fourth-order valence-electron chi connectivity index (χ4n) is 3.57. The molecule has 2 aliphatic carbocycles. The third kappa shape index (κ3) is 2.74. The van der Waals surface area contributed by atoms with Gasteiger partial charge in [-0.15, -0.1) is 0 Å². The molecule has 4 heteroatoms. The monoisotopic (exact) mass is 307 g/mol. The Labute approximate surface area is 136 Å². The summed E-state index contributed by atoms with van der Waals surface area (Å²) in [6.07, 6.45) is 8.78. The van der Waals surface area contributed by atoms with Crippen molar-refractivity contribution >= 4 is 5.91 Å². The number of carbonyl (C=O) groups is 1. The van der Waals surface area contributed by atoms with Crippen LogP contribution >= 0.6 is 0 Å². The maximum Gasteiger partial charge on any atom is 0.274 e. The number of aryl methyl sites for hydroxylation is 2. The lowest BCUT2D eigenvalue weighted by molar-refractivity contribution is 0.0631. The molecular formula is C19H21N3O. The Bertz CT molecular complexity index is 722. The van der Waals surface area contributed by atoms with Gasteiger partial charge in [-0.1, -0.05) is 24.3 Å². The number of nitrogens with zero attached hydrogens (tertiary/aromatic N) is 3. The van der Waals surface area contributed by atoms with Crippen LogP contribution in [-0.4, -0.2) is 26.8 Å². The average Bonchev–Trinajstić information content (AvgIpc) is 3.41. The maximum absolute atomic E-state index is 13.1. The highest BCUT2D eigenvalue weighted by Crippen LogP contribution is 2.41. The maximum atomic E-state index is 13.1. The van der Waals surface area contributed by atoms with Crippen LogP contribution in [0.3, 0.4) is 0 Å². The Morgan fingerprint density at radius 3 is 2.70 bits per heavy atom. The number of amides is 1. The summed E-state index contributed by atoms with van der Waals surface area (Å²) in [5.41, 5.74) is 4.00. The van der Waals surface area contributed by atoms with Crippen molar-refractivity contribution in [3.05, 3.63) is 59.2 Å². The topological polar surface area (TPSA) is 46.1 Å². The molecule has 1 atom stereocenters. The number of hydrogen-bond acceptors (Lipinski definition) is 3. The van der Waals surface area contributed by atoms with Gasteiger partial charge < -0.3 is 4.90 Å². The second-order valence-corrected chi connectivity index (χ2v) is 6.59. The normalized spacial score (nSPS) is 20.0. The zero-order valence-corrected chi connectivity index (χ0v) is 13.4. The lowest BCUT2D eigenvalue weighted by atomic mass is 9.86. The third-order valence-corrected chi connectivity index (χ3v) is 4.85. The van der Waals surface area contributed by atoms with E-state index in [9.17, 15) is 4.79 Å². The fraction of sp³-hybridized carbons (Fsp3) is 0.421. The molecule has 0 aliphatic heterocycles. The number of aromatic nitrogens is 2. The van der Waals surface area contributed by atoms with Crippen LogP contribution in [0, 0.1) is 6.92 Å². The number of fused-ring (bicyclic) bond motifs is 1. The summed E-state index contributed by atoms with van der Waals surface area (Å²) in [5.74, 6) is 0.0294. The second-order valence-electron chi connectivity index (χ2n) is 6.59. The number of benzene rings is 1. The SMILES string of the molecule is Cc1cnc(C(=O)N(C2CC2)[C@H]2CCCc3ccccc32)cn1. The van der Waals surface area contributed by atoms with E-state index in [0.29, 0.717) is 11.7 Å². The smallest absolute Gasteiger partial charge is 0.274 e. The molecule has 23 heavy (non-hydrogen) atoms. The Hall–Kier alpha value is -2.23. The van der Waals surface area contributed by atoms with Gasteiger partial charge in [-0.3, -0.25) is 9.78 Å². The highest BCUT2D eigenvalue weighted by Gasteiger charge is 2.40. The predicted octanol–water partition coefficient (Wildman–Crippen LogP) is 3.47. The molecule has 1 fully saturated rings. The first-order valence-corrected chi connectivity index (χ1v) is 8.43. The first-order chi connectivity index (χ1) is 11.2. The summed E-state index contributed by atoms with van der Waals surface area (Å²) < 4.78 is 0. The average molecular weight is 307 g/mol. The van der Waals surface area contributed by atoms with Gasteiger partial charge in [-0.2, -0.15) is 0 Å². The highest BCUT2D eigenvalue weighted by atomic mass is 16.2. The Morgan fingerprint density at radius 1 is 1.13 bits per heavy atom. The summed E-state index contributed by atoms with van der Waals surface area (Å²) in [5, 5.41) is 0. The van der Waals surface area contributed by atoms with Crippen molar-refractivity contribution in [1.29, 1.82) is 0 Å². The zero-order chi connectivity index (χ0) is 15.8. The molecule has 0 N–H and O–H groups in total. The summed E-state index contributed by atoms with van der Waals surface area (Å²) in [7, 11) is 0. The number of hydrogen-bond donors (Lipinski definition) is 0. The molecule has 1 heterocycles. The molecule has 2 aromatic rings. The molecule has 0 saturated heterocycles. The third-order valence-electron chi connectivity index (χ3n) is 4.85. The van der Waals surface area contributed by atoms with Gasteiger partial charge in [-0.05, 0) is 50.2 Å². The van der Waals surface area contributed by atoms with Gasteiger partial charge in [-0.25, -0.2) is 4.98 Å². The van der Waals surface area contributed by atoms with Crippen molar-refractivity contribution in [3.8, 4) is 0 Å². The Kier molecular flexibility index (Phi) is 3.60. The van der Waals surface area contributed by atoms with Crippen LogP contribution in [-0.2, 0) is 6.42 Å². The molecule has 118 valence electrons. The molecule has 1 aromatic heterocycles. The molecular weight excluding hydrogens is 286 g/mol. The van der Waals surface area contributed by atoms with Crippen LogP contribution < -0.4 is 0 Å². The van der Waals surface area contributed by atoms with Crippen molar-refractivity contribution in [2.75, 3.05) is 0 Å². The van der Waals surface area contributed by atoms with E-state index in [1.165, 1.54) is 11.1 Å². The quantitative estimate of drug-likeness (QED) is 0.872. The number of carbonyl (C=O) groups excluding carboxylic acids is 1. The highest BCUT2D eigenvalue weighted by molar-refractivity contribution is 5.92. The van der Waals surface area contributed by atoms with Gasteiger partial charge in [0.15, 0.2) is 0 Å². The van der Waals surface area contributed by atoms with Gasteiger partial charge in [0, 0.05) is 12.2 Å².